The Balaban J connectivity index is 1.94. The lowest BCUT2D eigenvalue weighted by Crippen LogP contribution is -2.63. The van der Waals surface area contributed by atoms with Crippen molar-refractivity contribution in [2.75, 3.05) is 18.4 Å². The van der Waals surface area contributed by atoms with Gasteiger partial charge in [0.05, 0.1) is 35.6 Å². The minimum Gasteiger partial charge on any atom is -0.386 e. The van der Waals surface area contributed by atoms with Crippen LogP contribution in [0.5, 0.6) is 0 Å². The predicted octanol–water partition coefficient (Wildman–Crippen LogP) is 3.75. The maximum Gasteiger partial charge on any atom is 0.256 e. The van der Waals surface area contributed by atoms with E-state index in [1.165, 1.54) is 17.0 Å². The van der Waals surface area contributed by atoms with Gasteiger partial charge in [0.25, 0.3) is 5.91 Å². The number of likely N-dealkylation sites (tertiary alicyclic amines) is 1. The number of aryl methyl sites for hydroxylation is 1. The Morgan fingerprint density at radius 3 is 2.50 bits per heavy atom. The first-order valence-corrected chi connectivity index (χ1v) is 8.27. The molecule has 0 spiro atoms. The molecule has 2 aromatic carbocycles. The quantitative estimate of drug-likeness (QED) is 0.869. The third-order valence-corrected chi connectivity index (χ3v) is 4.63. The van der Waals surface area contributed by atoms with Crippen molar-refractivity contribution >= 4 is 17.3 Å². The Morgan fingerprint density at radius 2 is 1.88 bits per heavy atom. The summed E-state index contributed by atoms with van der Waals surface area (Å²) in [5.41, 5.74) is -0.900. The molecule has 7 heteroatoms. The molecule has 2 N–H and O–H groups in total. The first-order chi connectivity index (χ1) is 12.2. The van der Waals surface area contributed by atoms with E-state index in [4.69, 9.17) is 0 Å². The molecule has 0 unspecified atom stereocenters. The second-order valence-electron chi connectivity index (χ2n) is 6.63. The fourth-order valence-corrected chi connectivity index (χ4v) is 2.91. The van der Waals surface area contributed by atoms with Crippen LogP contribution >= 0.6 is 0 Å². The summed E-state index contributed by atoms with van der Waals surface area (Å²) >= 11 is 0. The van der Waals surface area contributed by atoms with Gasteiger partial charge in [-0.3, -0.25) is 4.79 Å². The molecule has 0 saturated carbocycles. The maximum atomic E-state index is 14.3. The molecule has 0 atom stereocenters. The number of anilines is 2. The number of aliphatic hydroxyl groups is 1. The van der Waals surface area contributed by atoms with E-state index in [1.807, 2.05) is 0 Å². The van der Waals surface area contributed by atoms with E-state index in [0.29, 0.717) is 12.0 Å². The normalized spacial score (nSPS) is 15.5. The highest BCUT2D eigenvalue weighted by atomic mass is 19.2. The molecular formula is C19H19F3N2O2. The van der Waals surface area contributed by atoms with Crippen molar-refractivity contribution in [3.05, 3.63) is 58.9 Å². The van der Waals surface area contributed by atoms with Crippen LogP contribution in [0.25, 0.3) is 0 Å². The molecule has 0 aliphatic carbocycles. The number of carbonyl (C=O) groups excluding carboxylic acids is 1. The zero-order valence-electron chi connectivity index (χ0n) is 14.4. The highest BCUT2D eigenvalue weighted by Crippen LogP contribution is 2.32. The Kier molecular flexibility index (Phi) is 4.66. The van der Waals surface area contributed by atoms with E-state index < -0.39 is 34.6 Å². The van der Waals surface area contributed by atoms with Crippen molar-refractivity contribution in [2.45, 2.75) is 25.9 Å². The number of carbonyl (C=O) groups is 1. The van der Waals surface area contributed by atoms with Gasteiger partial charge in [0.1, 0.15) is 5.82 Å². The molecule has 26 heavy (non-hydrogen) atoms. The number of β-amino-alcohol motifs (C(OH)–C–C–N with tert-alkyl or cyclic N) is 1. The number of rotatable bonds is 4. The lowest BCUT2D eigenvalue weighted by Gasteiger charge is -2.46. The van der Waals surface area contributed by atoms with Gasteiger partial charge in [-0.2, -0.15) is 0 Å². The van der Waals surface area contributed by atoms with Gasteiger partial charge in [-0.25, -0.2) is 13.2 Å². The van der Waals surface area contributed by atoms with Gasteiger partial charge in [-0.1, -0.05) is 13.0 Å². The van der Waals surface area contributed by atoms with Gasteiger partial charge in [-0.15, -0.1) is 0 Å². The lowest BCUT2D eigenvalue weighted by atomic mass is 9.90. The number of nitrogens with zero attached hydrogens (tertiary/aromatic N) is 1. The Labute approximate surface area is 149 Å². The van der Waals surface area contributed by atoms with Crippen molar-refractivity contribution in [1.82, 2.24) is 4.90 Å². The summed E-state index contributed by atoms with van der Waals surface area (Å²) < 4.78 is 42.1. The Hall–Kier alpha value is -2.54. The zero-order chi connectivity index (χ0) is 19.1. The molecule has 0 aromatic heterocycles. The second-order valence-corrected chi connectivity index (χ2v) is 6.63. The highest BCUT2D eigenvalue weighted by Gasteiger charge is 2.43. The molecule has 138 valence electrons. The number of amides is 1. The molecule has 2 aromatic rings. The fourth-order valence-electron chi connectivity index (χ4n) is 2.91. The summed E-state index contributed by atoms with van der Waals surface area (Å²) in [6, 6.07) is 6.25. The van der Waals surface area contributed by atoms with Crippen LogP contribution < -0.4 is 5.32 Å². The first-order valence-electron chi connectivity index (χ1n) is 8.27. The van der Waals surface area contributed by atoms with Crippen molar-refractivity contribution < 1.29 is 23.1 Å². The van der Waals surface area contributed by atoms with Crippen molar-refractivity contribution in [3.8, 4) is 0 Å². The van der Waals surface area contributed by atoms with Gasteiger partial charge in [0, 0.05) is 0 Å². The van der Waals surface area contributed by atoms with E-state index >= 15 is 0 Å². The Morgan fingerprint density at radius 1 is 1.19 bits per heavy atom. The molecular weight excluding hydrogens is 345 g/mol. The summed E-state index contributed by atoms with van der Waals surface area (Å²) in [5.74, 6) is -3.61. The average molecular weight is 364 g/mol. The topological polar surface area (TPSA) is 52.6 Å². The predicted molar refractivity (Wildman–Crippen MR) is 91.9 cm³/mol. The van der Waals surface area contributed by atoms with Gasteiger partial charge in [-0.05, 0) is 43.2 Å². The minimum atomic E-state index is -1.26. The van der Waals surface area contributed by atoms with Crippen molar-refractivity contribution in [2.24, 2.45) is 0 Å². The van der Waals surface area contributed by atoms with Crippen molar-refractivity contribution in [1.29, 1.82) is 0 Å². The monoisotopic (exact) mass is 364 g/mol. The van der Waals surface area contributed by atoms with Crippen LogP contribution in [0, 0.1) is 24.4 Å². The number of benzene rings is 2. The summed E-state index contributed by atoms with van der Waals surface area (Å²) in [6.45, 7) is 3.72. The fraction of sp³-hybridized carbons (Fsp3) is 0.316. The minimum absolute atomic E-state index is 0.0668. The molecule has 1 fully saturated rings. The third-order valence-electron chi connectivity index (χ3n) is 4.63. The molecule has 0 bridgehead atoms. The number of hydrogen-bond acceptors (Lipinski definition) is 3. The van der Waals surface area contributed by atoms with Crippen molar-refractivity contribution in [3.63, 3.8) is 0 Å². The molecule has 1 aliphatic rings. The van der Waals surface area contributed by atoms with Crippen LogP contribution in [-0.4, -0.2) is 34.6 Å². The van der Waals surface area contributed by atoms with E-state index in [9.17, 15) is 23.1 Å². The van der Waals surface area contributed by atoms with Gasteiger partial charge >= 0.3 is 0 Å². The first kappa shape index (κ1) is 18.3. The highest BCUT2D eigenvalue weighted by molar-refractivity contribution is 6.01. The average Bonchev–Trinajstić information content (AvgIpc) is 2.57. The third kappa shape index (κ3) is 3.26. The summed E-state index contributed by atoms with van der Waals surface area (Å²) in [6.07, 6.45) is 0.480. The zero-order valence-corrected chi connectivity index (χ0v) is 14.4. The molecule has 3 rings (SSSR count). The molecule has 1 heterocycles. The van der Waals surface area contributed by atoms with E-state index in [2.05, 4.69) is 5.32 Å². The maximum absolute atomic E-state index is 14.3. The molecule has 4 nitrogen and oxygen atoms in total. The largest absolute Gasteiger partial charge is 0.386 e. The van der Waals surface area contributed by atoms with Crippen LogP contribution in [0.4, 0.5) is 24.5 Å². The van der Waals surface area contributed by atoms with E-state index in [-0.39, 0.29) is 24.3 Å². The van der Waals surface area contributed by atoms with Crippen LogP contribution in [0.1, 0.15) is 29.3 Å². The lowest BCUT2D eigenvalue weighted by molar-refractivity contribution is -0.0826. The molecule has 1 saturated heterocycles. The number of nitrogens with one attached hydrogen (secondary N) is 1. The number of hydrogen-bond donors (Lipinski definition) is 2. The van der Waals surface area contributed by atoms with Crippen LogP contribution in [0.3, 0.4) is 0 Å². The van der Waals surface area contributed by atoms with Gasteiger partial charge < -0.3 is 15.3 Å². The SMILES string of the molecule is CCC1(O)CN(C(=O)c2ccc(F)c(F)c2Nc2ccc(C)cc2F)C1. The molecule has 1 aliphatic heterocycles. The standard InChI is InChI=1S/C19H19F3N2O2/c1-3-19(26)9-24(10-19)18(25)12-5-6-13(20)16(22)17(12)23-15-7-4-11(2)8-14(15)21/h4-8,23,26H,3,9-10H2,1-2H3. The smallest absolute Gasteiger partial charge is 0.256 e. The second kappa shape index (κ2) is 6.64. The molecule has 0 radical (unpaired) electrons. The summed E-state index contributed by atoms with van der Waals surface area (Å²) in [4.78, 5) is 14.0. The summed E-state index contributed by atoms with van der Waals surface area (Å²) in [5, 5.41) is 12.6. The van der Waals surface area contributed by atoms with Gasteiger partial charge in [0.2, 0.25) is 0 Å². The van der Waals surface area contributed by atoms with E-state index in [1.54, 1.807) is 19.9 Å². The Bertz CT molecular complexity index is 864. The van der Waals surface area contributed by atoms with Gasteiger partial charge in [0.15, 0.2) is 11.6 Å². The van der Waals surface area contributed by atoms with Crippen LogP contribution in [-0.2, 0) is 0 Å². The van der Waals surface area contributed by atoms with Crippen LogP contribution in [0.15, 0.2) is 30.3 Å². The molecule has 1 amide bonds. The van der Waals surface area contributed by atoms with Crippen LogP contribution in [0.2, 0.25) is 0 Å². The number of halogens is 3. The van der Waals surface area contributed by atoms with E-state index in [0.717, 1.165) is 12.1 Å². The summed E-state index contributed by atoms with van der Waals surface area (Å²) in [7, 11) is 0.